The number of aromatic hydroxyl groups is 1. The molecule has 1 aliphatic carbocycles. The minimum Gasteiger partial charge on any atom is -0.508 e. The van der Waals surface area contributed by atoms with Crippen LogP contribution < -0.4 is 0 Å². The van der Waals surface area contributed by atoms with E-state index in [1.165, 1.54) is 23.1 Å². The lowest BCUT2D eigenvalue weighted by Crippen LogP contribution is -2.28. The summed E-state index contributed by atoms with van der Waals surface area (Å²) in [5.41, 5.74) is 5.26. The van der Waals surface area contributed by atoms with E-state index in [9.17, 15) is 10.2 Å². The first-order valence-electron chi connectivity index (χ1n) is 7.73. The summed E-state index contributed by atoms with van der Waals surface area (Å²) in [6.45, 7) is 4.37. The van der Waals surface area contributed by atoms with Crippen molar-refractivity contribution in [3.05, 3.63) is 52.7 Å². The van der Waals surface area contributed by atoms with E-state index >= 15 is 0 Å². The first kappa shape index (κ1) is 14.2. The van der Waals surface area contributed by atoms with Gasteiger partial charge in [0.05, 0.1) is 6.61 Å². The first-order chi connectivity index (χ1) is 10.2. The van der Waals surface area contributed by atoms with Crippen molar-refractivity contribution < 1.29 is 10.2 Å². The molecule has 2 N–H and O–H groups in total. The molecule has 0 spiro atoms. The number of aliphatic hydroxyl groups excluding tert-OH is 1. The van der Waals surface area contributed by atoms with Crippen molar-refractivity contribution in [2.75, 3.05) is 19.7 Å². The molecule has 2 aliphatic rings. The van der Waals surface area contributed by atoms with E-state index in [1.54, 1.807) is 12.1 Å². The maximum absolute atomic E-state index is 9.60. The van der Waals surface area contributed by atoms with Crippen molar-refractivity contribution in [2.45, 2.75) is 26.2 Å². The Hall–Kier alpha value is -1.74. The average Bonchev–Trinajstić information content (AvgIpc) is 2.87. The van der Waals surface area contributed by atoms with Crippen LogP contribution in [-0.4, -0.2) is 34.8 Å². The zero-order chi connectivity index (χ0) is 14.8. The molecule has 3 heteroatoms. The van der Waals surface area contributed by atoms with Gasteiger partial charge >= 0.3 is 0 Å². The summed E-state index contributed by atoms with van der Waals surface area (Å²) >= 11 is 0. The summed E-state index contributed by atoms with van der Waals surface area (Å²) in [7, 11) is 0. The minimum absolute atomic E-state index is 0.140. The molecule has 0 aromatic heterocycles. The van der Waals surface area contributed by atoms with E-state index in [-0.39, 0.29) is 6.61 Å². The van der Waals surface area contributed by atoms with E-state index in [0.717, 1.165) is 31.5 Å². The van der Waals surface area contributed by atoms with E-state index in [0.29, 0.717) is 11.7 Å². The molecule has 0 amide bonds. The van der Waals surface area contributed by atoms with E-state index in [4.69, 9.17) is 0 Å². The predicted octanol–water partition coefficient (Wildman–Crippen LogP) is 2.85. The van der Waals surface area contributed by atoms with Crippen molar-refractivity contribution in [3.8, 4) is 5.75 Å². The molecule has 1 heterocycles. The lowest BCUT2D eigenvalue weighted by atomic mass is 9.96. The van der Waals surface area contributed by atoms with Gasteiger partial charge in [-0.2, -0.15) is 0 Å². The van der Waals surface area contributed by atoms with Crippen LogP contribution in [-0.2, 0) is 6.42 Å². The van der Waals surface area contributed by atoms with Gasteiger partial charge in [0.15, 0.2) is 0 Å². The molecule has 1 aliphatic heterocycles. The Morgan fingerprint density at radius 1 is 1.24 bits per heavy atom. The van der Waals surface area contributed by atoms with Crippen LogP contribution in [0.25, 0.3) is 0 Å². The zero-order valence-corrected chi connectivity index (χ0v) is 12.5. The van der Waals surface area contributed by atoms with E-state index in [2.05, 4.69) is 18.0 Å². The fourth-order valence-corrected chi connectivity index (χ4v) is 3.39. The van der Waals surface area contributed by atoms with Gasteiger partial charge in [0.2, 0.25) is 0 Å². The fraction of sp³-hybridized carbons (Fsp3) is 0.444. The van der Waals surface area contributed by atoms with Crippen LogP contribution in [0.3, 0.4) is 0 Å². The van der Waals surface area contributed by atoms with Crippen LogP contribution in [0.1, 0.15) is 25.3 Å². The number of nitrogens with zero attached hydrogens (tertiary/aromatic N) is 1. The molecule has 0 saturated carbocycles. The lowest BCUT2D eigenvalue weighted by molar-refractivity contribution is 0.320. The molecule has 0 saturated heterocycles. The Kier molecular flexibility index (Phi) is 4.02. The van der Waals surface area contributed by atoms with Crippen molar-refractivity contribution >= 4 is 0 Å². The molecule has 1 atom stereocenters. The predicted molar refractivity (Wildman–Crippen MR) is 84.0 cm³/mol. The maximum atomic E-state index is 9.60. The van der Waals surface area contributed by atoms with Gasteiger partial charge in [0, 0.05) is 19.3 Å². The van der Waals surface area contributed by atoms with Crippen LogP contribution in [0, 0.1) is 5.92 Å². The largest absolute Gasteiger partial charge is 0.508 e. The smallest absolute Gasteiger partial charge is 0.115 e. The van der Waals surface area contributed by atoms with Crippen molar-refractivity contribution in [2.24, 2.45) is 5.92 Å². The molecule has 0 radical (unpaired) electrons. The van der Waals surface area contributed by atoms with E-state index < -0.39 is 0 Å². The van der Waals surface area contributed by atoms with Gasteiger partial charge in [-0.3, -0.25) is 0 Å². The molecule has 3 rings (SSSR count). The van der Waals surface area contributed by atoms with Crippen LogP contribution >= 0.6 is 0 Å². The molecular weight excluding hydrogens is 262 g/mol. The molecule has 0 bridgehead atoms. The Morgan fingerprint density at radius 2 is 2.00 bits per heavy atom. The van der Waals surface area contributed by atoms with Crippen LogP contribution in [0.5, 0.6) is 5.75 Å². The maximum Gasteiger partial charge on any atom is 0.115 e. The molecule has 3 nitrogen and oxygen atoms in total. The Bertz CT molecular complexity index is 571. The molecular formula is C18H23NO2. The molecule has 21 heavy (non-hydrogen) atoms. The van der Waals surface area contributed by atoms with Gasteiger partial charge in [-0.1, -0.05) is 19.1 Å². The number of phenols is 1. The third kappa shape index (κ3) is 2.98. The standard InChI is InChI=1S/C18H23NO2/c1-13-2-7-17-15(12-20)10-19(11-18(13)17)9-8-14-3-5-16(21)6-4-14/h3-6,10,13,20-21H,2,7-9,11-12H2,1H3/t13-/m0/s1. The van der Waals surface area contributed by atoms with Crippen molar-refractivity contribution in [1.82, 2.24) is 4.90 Å². The number of hydrogen-bond donors (Lipinski definition) is 2. The third-order valence-corrected chi connectivity index (χ3v) is 4.70. The number of benzene rings is 1. The second-order valence-corrected chi connectivity index (χ2v) is 6.14. The lowest BCUT2D eigenvalue weighted by Gasteiger charge is -2.29. The highest BCUT2D eigenvalue weighted by molar-refractivity contribution is 5.43. The highest BCUT2D eigenvalue weighted by atomic mass is 16.3. The molecule has 0 unspecified atom stereocenters. The normalized spacial score (nSPS) is 21.5. The van der Waals surface area contributed by atoms with Gasteiger partial charge in [0.1, 0.15) is 5.75 Å². The van der Waals surface area contributed by atoms with Crippen molar-refractivity contribution in [1.29, 1.82) is 0 Å². The Morgan fingerprint density at radius 3 is 2.71 bits per heavy atom. The number of rotatable bonds is 4. The number of hydrogen-bond acceptors (Lipinski definition) is 3. The second-order valence-electron chi connectivity index (χ2n) is 6.14. The fourth-order valence-electron chi connectivity index (χ4n) is 3.39. The number of aliphatic hydroxyl groups is 1. The molecule has 1 aromatic carbocycles. The van der Waals surface area contributed by atoms with Gasteiger partial charge in [0.25, 0.3) is 0 Å². The van der Waals surface area contributed by atoms with Gasteiger partial charge < -0.3 is 15.1 Å². The second kappa shape index (κ2) is 5.94. The minimum atomic E-state index is 0.140. The highest BCUT2D eigenvalue weighted by Crippen LogP contribution is 2.38. The SMILES string of the molecule is C[C@H]1CCC2=C1CN(CCc1ccc(O)cc1)C=C2CO. The zero-order valence-electron chi connectivity index (χ0n) is 12.5. The molecule has 0 fully saturated rings. The number of phenolic OH excluding ortho intramolecular Hbond substituents is 1. The van der Waals surface area contributed by atoms with Gasteiger partial charge in [-0.15, -0.1) is 0 Å². The van der Waals surface area contributed by atoms with E-state index in [1.807, 2.05) is 12.1 Å². The monoisotopic (exact) mass is 285 g/mol. The summed E-state index contributed by atoms with van der Waals surface area (Å²) in [6, 6.07) is 7.41. The Labute approximate surface area is 126 Å². The summed E-state index contributed by atoms with van der Waals surface area (Å²) < 4.78 is 0. The highest BCUT2D eigenvalue weighted by Gasteiger charge is 2.28. The van der Waals surface area contributed by atoms with Crippen molar-refractivity contribution in [3.63, 3.8) is 0 Å². The van der Waals surface area contributed by atoms with Crippen LogP contribution in [0.4, 0.5) is 0 Å². The van der Waals surface area contributed by atoms with Crippen LogP contribution in [0.15, 0.2) is 47.2 Å². The Balaban J connectivity index is 1.67. The summed E-state index contributed by atoms with van der Waals surface area (Å²) in [5.74, 6) is 0.959. The first-order valence-corrected chi connectivity index (χ1v) is 7.73. The summed E-state index contributed by atoms with van der Waals surface area (Å²) in [5, 5.41) is 18.9. The summed E-state index contributed by atoms with van der Waals surface area (Å²) in [4.78, 5) is 2.32. The average molecular weight is 285 g/mol. The molecule has 1 aromatic rings. The van der Waals surface area contributed by atoms with Gasteiger partial charge in [-0.25, -0.2) is 0 Å². The third-order valence-electron chi connectivity index (χ3n) is 4.70. The molecule has 112 valence electrons. The summed E-state index contributed by atoms with van der Waals surface area (Å²) in [6.07, 6.45) is 5.42. The topological polar surface area (TPSA) is 43.7 Å². The quantitative estimate of drug-likeness (QED) is 0.894. The van der Waals surface area contributed by atoms with Crippen LogP contribution in [0.2, 0.25) is 0 Å². The van der Waals surface area contributed by atoms with Gasteiger partial charge in [-0.05, 0) is 59.6 Å².